The molecule has 0 aliphatic heterocycles. The van der Waals surface area contributed by atoms with Crippen molar-refractivity contribution in [3.8, 4) is 5.88 Å². The maximum Gasteiger partial charge on any atom is 0.247 e. The average molecular weight is 390 g/mol. The van der Waals surface area contributed by atoms with Gasteiger partial charge in [-0.2, -0.15) is 0 Å². The lowest BCUT2D eigenvalue weighted by molar-refractivity contribution is 0.232. The molecule has 2 rings (SSSR count). The first-order valence-electron chi connectivity index (χ1n) is 5.60. The van der Waals surface area contributed by atoms with Crippen molar-refractivity contribution in [1.29, 1.82) is 0 Å². The van der Waals surface area contributed by atoms with Gasteiger partial charge in [0.25, 0.3) is 0 Å². The number of rotatable bonds is 2. The lowest BCUT2D eigenvalue weighted by Gasteiger charge is -2.07. The maximum absolute atomic E-state index is 10.3. The predicted octanol–water partition coefficient (Wildman–Crippen LogP) is 3.77. The van der Waals surface area contributed by atoms with Crippen LogP contribution in [0.2, 0.25) is 0 Å². The highest BCUT2D eigenvalue weighted by molar-refractivity contribution is 9.10. The smallest absolute Gasteiger partial charge is 0.247 e. The molecule has 102 valence electrons. The van der Waals surface area contributed by atoms with Crippen LogP contribution in [0.5, 0.6) is 5.88 Å². The summed E-state index contributed by atoms with van der Waals surface area (Å²) in [7, 11) is 0. The van der Waals surface area contributed by atoms with Crippen LogP contribution in [-0.2, 0) is 0 Å². The number of aromatic amines is 1. The summed E-state index contributed by atoms with van der Waals surface area (Å²) < 4.78 is 7.19. The van der Waals surface area contributed by atoms with E-state index in [1.54, 1.807) is 18.5 Å². The van der Waals surface area contributed by atoms with E-state index in [1.165, 1.54) is 6.07 Å². The quantitative estimate of drug-likeness (QED) is 0.850. The first kappa shape index (κ1) is 15.9. The SMILES string of the molecule is CC(C)Oc1ccc(Br)cn1.O=c1ccc(Br)c[nH]1. The third kappa shape index (κ3) is 7.12. The highest BCUT2D eigenvalue weighted by Crippen LogP contribution is 2.12. The Morgan fingerprint density at radius 1 is 1.16 bits per heavy atom. The molecular formula is C13H14Br2N2O2. The molecule has 6 heteroatoms. The van der Waals surface area contributed by atoms with Gasteiger partial charge in [-0.05, 0) is 57.8 Å². The van der Waals surface area contributed by atoms with E-state index in [0.717, 1.165) is 8.95 Å². The van der Waals surface area contributed by atoms with Gasteiger partial charge in [0.15, 0.2) is 0 Å². The summed E-state index contributed by atoms with van der Waals surface area (Å²) in [6, 6.07) is 6.90. The van der Waals surface area contributed by atoms with Crippen LogP contribution in [0.1, 0.15) is 13.8 Å². The molecule has 4 nitrogen and oxygen atoms in total. The Balaban J connectivity index is 0.000000200. The van der Waals surface area contributed by atoms with Crippen LogP contribution in [0.25, 0.3) is 0 Å². The number of hydrogen-bond acceptors (Lipinski definition) is 3. The Morgan fingerprint density at radius 3 is 2.26 bits per heavy atom. The summed E-state index contributed by atoms with van der Waals surface area (Å²) in [5.41, 5.74) is -0.0757. The van der Waals surface area contributed by atoms with E-state index in [9.17, 15) is 4.79 Å². The highest BCUT2D eigenvalue weighted by Gasteiger charge is 1.96. The standard InChI is InChI=1S/C8H10BrNO.C5H4BrNO/c1-6(2)11-8-4-3-7(9)5-10-8;6-4-1-2-5(8)7-3-4/h3-6H,1-2H3;1-3H,(H,7,8). The van der Waals surface area contributed by atoms with E-state index >= 15 is 0 Å². The molecule has 0 fully saturated rings. The molecule has 0 spiro atoms. The van der Waals surface area contributed by atoms with Crippen molar-refractivity contribution in [1.82, 2.24) is 9.97 Å². The fraction of sp³-hybridized carbons (Fsp3) is 0.231. The van der Waals surface area contributed by atoms with E-state index in [-0.39, 0.29) is 11.7 Å². The molecule has 0 aliphatic carbocycles. The van der Waals surface area contributed by atoms with Gasteiger partial charge in [-0.15, -0.1) is 0 Å². The molecule has 2 aromatic rings. The van der Waals surface area contributed by atoms with E-state index in [2.05, 4.69) is 41.8 Å². The molecule has 0 saturated heterocycles. The van der Waals surface area contributed by atoms with Gasteiger partial charge in [0.05, 0.1) is 6.10 Å². The molecule has 2 heterocycles. The number of nitrogens with one attached hydrogen (secondary N) is 1. The monoisotopic (exact) mass is 388 g/mol. The molecule has 0 unspecified atom stereocenters. The van der Waals surface area contributed by atoms with Crippen LogP contribution < -0.4 is 10.3 Å². The third-order valence-electron chi connectivity index (χ3n) is 1.80. The third-order valence-corrected chi connectivity index (χ3v) is 2.77. The molecule has 0 aliphatic rings. The highest BCUT2D eigenvalue weighted by atomic mass is 79.9. The van der Waals surface area contributed by atoms with Gasteiger partial charge in [0, 0.05) is 33.5 Å². The van der Waals surface area contributed by atoms with Crippen LogP contribution in [0.4, 0.5) is 0 Å². The zero-order chi connectivity index (χ0) is 14.3. The Labute approximate surface area is 128 Å². The summed E-state index contributed by atoms with van der Waals surface area (Å²) in [5, 5.41) is 0. The van der Waals surface area contributed by atoms with Gasteiger partial charge < -0.3 is 9.72 Å². The maximum atomic E-state index is 10.3. The Hall–Kier alpha value is -1.14. The zero-order valence-corrected chi connectivity index (χ0v) is 13.7. The minimum absolute atomic E-state index is 0.0757. The molecular weight excluding hydrogens is 376 g/mol. The van der Waals surface area contributed by atoms with Crippen molar-refractivity contribution in [2.75, 3.05) is 0 Å². The van der Waals surface area contributed by atoms with Gasteiger partial charge >= 0.3 is 0 Å². The number of hydrogen-bond donors (Lipinski definition) is 1. The second-order valence-electron chi connectivity index (χ2n) is 3.85. The fourth-order valence-electron chi connectivity index (χ4n) is 1.07. The number of H-pyrrole nitrogens is 1. The van der Waals surface area contributed by atoms with Crippen molar-refractivity contribution in [3.63, 3.8) is 0 Å². The Kier molecular flexibility index (Phi) is 6.80. The normalized spacial score (nSPS) is 9.74. The first-order valence-corrected chi connectivity index (χ1v) is 7.18. The molecule has 0 atom stereocenters. The van der Waals surface area contributed by atoms with Gasteiger partial charge in [0.1, 0.15) is 0 Å². The molecule has 0 radical (unpaired) electrons. The molecule has 19 heavy (non-hydrogen) atoms. The van der Waals surface area contributed by atoms with Crippen molar-refractivity contribution < 1.29 is 4.74 Å². The minimum atomic E-state index is -0.0757. The molecule has 0 saturated carbocycles. The van der Waals surface area contributed by atoms with Gasteiger partial charge in [-0.1, -0.05) is 0 Å². The molecule has 0 bridgehead atoms. The van der Waals surface area contributed by atoms with E-state index in [1.807, 2.05) is 26.0 Å². The number of aromatic nitrogens is 2. The summed E-state index contributed by atoms with van der Waals surface area (Å²) in [4.78, 5) is 16.9. The number of ether oxygens (including phenoxy) is 1. The van der Waals surface area contributed by atoms with Gasteiger partial charge in [0.2, 0.25) is 11.4 Å². The molecule has 0 aromatic carbocycles. The van der Waals surface area contributed by atoms with Crippen LogP contribution >= 0.6 is 31.9 Å². The number of nitrogens with zero attached hydrogens (tertiary/aromatic N) is 1. The summed E-state index contributed by atoms with van der Waals surface area (Å²) in [5.74, 6) is 0.670. The first-order chi connectivity index (χ1) is 8.97. The summed E-state index contributed by atoms with van der Waals surface area (Å²) in [6.07, 6.45) is 3.50. The molecule has 2 aromatic heterocycles. The molecule has 0 amide bonds. The Morgan fingerprint density at radius 2 is 1.84 bits per heavy atom. The van der Waals surface area contributed by atoms with Crippen LogP contribution in [0.3, 0.4) is 0 Å². The van der Waals surface area contributed by atoms with Gasteiger partial charge in [-0.3, -0.25) is 4.79 Å². The zero-order valence-electron chi connectivity index (χ0n) is 10.6. The topological polar surface area (TPSA) is 55.0 Å². The second-order valence-corrected chi connectivity index (χ2v) is 5.68. The lowest BCUT2D eigenvalue weighted by Crippen LogP contribution is -2.06. The van der Waals surface area contributed by atoms with Crippen LogP contribution in [-0.4, -0.2) is 16.1 Å². The summed E-state index contributed by atoms with van der Waals surface area (Å²) in [6.45, 7) is 3.95. The van der Waals surface area contributed by atoms with Crippen molar-refractivity contribution in [3.05, 3.63) is 56.0 Å². The average Bonchev–Trinajstić information content (AvgIpc) is 2.36. The number of halogens is 2. The van der Waals surface area contributed by atoms with Gasteiger partial charge in [-0.25, -0.2) is 4.98 Å². The van der Waals surface area contributed by atoms with E-state index < -0.39 is 0 Å². The summed E-state index contributed by atoms with van der Waals surface area (Å²) >= 11 is 6.47. The van der Waals surface area contributed by atoms with Crippen LogP contribution in [0, 0.1) is 0 Å². The van der Waals surface area contributed by atoms with Crippen molar-refractivity contribution >= 4 is 31.9 Å². The largest absolute Gasteiger partial charge is 0.475 e. The van der Waals surface area contributed by atoms with Crippen molar-refractivity contribution in [2.45, 2.75) is 20.0 Å². The number of pyridine rings is 2. The lowest BCUT2D eigenvalue weighted by atomic mass is 10.4. The van der Waals surface area contributed by atoms with Crippen LogP contribution in [0.15, 0.2) is 50.4 Å². The Bertz CT molecular complexity index is 533. The minimum Gasteiger partial charge on any atom is -0.475 e. The molecule has 1 N–H and O–H groups in total. The van der Waals surface area contributed by atoms with Crippen molar-refractivity contribution in [2.24, 2.45) is 0 Å². The van der Waals surface area contributed by atoms with E-state index in [0.29, 0.717) is 5.88 Å². The van der Waals surface area contributed by atoms with E-state index in [4.69, 9.17) is 4.74 Å². The fourth-order valence-corrected chi connectivity index (χ4v) is 1.55. The predicted molar refractivity (Wildman–Crippen MR) is 82.5 cm³/mol. The second kappa shape index (κ2) is 8.12.